The second kappa shape index (κ2) is 23.1. The van der Waals surface area contributed by atoms with Crippen LogP contribution in [0.25, 0.3) is 11.2 Å². The molecule has 1 aliphatic rings. The number of Topliss-reactive ketones (excluding diaryl/α,β-unsaturated/α-hetero) is 2. The molecule has 31 heteroatoms. The lowest BCUT2D eigenvalue weighted by Gasteiger charge is -2.30. The molecule has 3 rings (SSSR count). The van der Waals surface area contributed by atoms with E-state index in [9.17, 15) is 72.2 Å². The van der Waals surface area contributed by atoms with Crippen LogP contribution < -0.4 is 16.4 Å². The standard InChI is InChI=1S/C25H40N7O18P3S.C4H6O2/c1-13(33)8-16(35)54-7-6-27-15(34)4-5-28-23(38)20(37)25(2,3)10-47-53(44,45)50-52(42,43)46-9-14-19(49-51(39,40)41)18(36)24(48-14)32-12-31-17-21(26)29-11-30-22(17)32;1-4(6)2-3-5/h11-12,14,18-20,24,36-37H,4-10H2,1-3H3,(H,27,34)(H,28,38)(H,42,43)(H,44,45)(H2,26,29,30)(H2,39,40,41);3H,2H2,1H3/t14-,18-,19-,20+,24-;/m1./s1. The zero-order chi connectivity index (χ0) is 45.6. The summed E-state index contributed by atoms with van der Waals surface area (Å²) in [5.41, 5.74) is 4.22. The molecule has 0 aromatic carbocycles. The highest BCUT2D eigenvalue weighted by molar-refractivity contribution is 8.13. The fraction of sp³-hybridized carbons (Fsp3) is 0.621. The third-order valence-corrected chi connectivity index (χ3v) is 11.5. The third kappa shape index (κ3) is 17.9. The molecule has 0 aliphatic carbocycles. The van der Waals surface area contributed by atoms with Crippen LogP contribution in [-0.2, 0) is 65.1 Å². The number of aliphatic hydroxyl groups excluding tert-OH is 2. The van der Waals surface area contributed by atoms with Gasteiger partial charge in [-0.25, -0.2) is 28.6 Å². The lowest BCUT2D eigenvalue weighted by molar-refractivity contribution is -0.137. The summed E-state index contributed by atoms with van der Waals surface area (Å²) in [5.74, 6) is -1.69. The normalized spacial score (nSPS) is 20.5. The number of nitrogens with one attached hydrogen (secondary N) is 2. The minimum absolute atomic E-state index is 0.0240. The molecule has 0 radical (unpaired) electrons. The number of phosphoric acid groups is 3. The summed E-state index contributed by atoms with van der Waals surface area (Å²) in [5, 5.41) is 25.8. The van der Waals surface area contributed by atoms with Gasteiger partial charge in [0.2, 0.25) is 11.8 Å². The van der Waals surface area contributed by atoms with Gasteiger partial charge in [-0.05, 0) is 13.8 Å². The number of nitrogens with zero attached hydrogens (tertiary/aromatic N) is 4. The van der Waals surface area contributed by atoms with Crippen molar-refractivity contribution in [3.8, 4) is 0 Å². The maximum absolute atomic E-state index is 12.6. The number of nitrogens with two attached hydrogens (primary N) is 1. The number of fused-ring (bicyclic) bond motifs is 1. The number of thioether (sulfide) groups is 1. The van der Waals surface area contributed by atoms with Crippen molar-refractivity contribution in [1.82, 2.24) is 30.2 Å². The van der Waals surface area contributed by atoms with Crippen LogP contribution in [0.15, 0.2) is 12.7 Å². The number of anilines is 1. The Morgan fingerprint density at radius 2 is 1.67 bits per heavy atom. The Kier molecular flexibility index (Phi) is 20.3. The molecule has 10 N–H and O–H groups in total. The Labute approximate surface area is 344 Å². The van der Waals surface area contributed by atoms with E-state index >= 15 is 0 Å². The summed E-state index contributed by atoms with van der Waals surface area (Å²) < 4.78 is 61.9. The van der Waals surface area contributed by atoms with Gasteiger partial charge >= 0.3 is 23.5 Å². The van der Waals surface area contributed by atoms with E-state index in [1.165, 1.54) is 27.7 Å². The smallest absolute Gasteiger partial charge is 0.386 e. The number of amides is 2. The Hall–Kier alpha value is -3.43. The molecule has 3 heterocycles. The minimum Gasteiger partial charge on any atom is -0.386 e. The van der Waals surface area contributed by atoms with Gasteiger partial charge in [-0.2, -0.15) is 4.31 Å². The first-order valence-corrected chi connectivity index (χ1v) is 22.7. The summed E-state index contributed by atoms with van der Waals surface area (Å²) in [7, 11) is -16.4. The van der Waals surface area contributed by atoms with Crippen molar-refractivity contribution in [2.24, 2.45) is 5.41 Å². The summed E-state index contributed by atoms with van der Waals surface area (Å²) in [4.78, 5) is 117. The van der Waals surface area contributed by atoms with E-state index in [2.05, 4.69) is 34.4 Å². The maximum Gasteiger partial charge on any atom is 0.481 e. The molecule has 27 nitrogen and oxygen atoms in total. The van der Waals surface area contributed by atoms with Crippen LogP contribution in [0.2, 0.25) is 0 Å². The summed E-state index contributed by atoms with van der Waals surface area (Å²) in [6, 6.07) is 0. The maximum atomic E-state index is 12.6. The molecule has 2 aromatic heterocycles. The lowest BCUT2D eigenvalue weighted by Crippen LogP contribution is -2.46. The first kappa shape index (κ1) is 52.7. The predicted octanol–water partition coefficient (Wildman–Crippen LogP) is -1.19. The molecule has 1 saturated heterocycles. The van der Waals surface area contributed by atoms with Crippen molar-refractivity contribution in [2.75, 3.05) is 37.8 Å². The van der Waals surface area contributed by atoms with Crippen LogP contribution in [0.1, 0.15) is 53.2 Å². The molecule has 0 saturated carbocycles. The number of aliphatic hydroxyl groups is 2. The monoisotopic (exact) mass is 937 g/mol. The number of hydrogen-bond acceptors (Lipinski definition) is 21. The topological polar surface area (TPSA) is 415 Å². The molecule has 0 spiro atoms. The molecular weight excluding hydrogens is 891 g/mol. The lowest BCUT2D eigenvalue weighted by atomic mass is 9.87. The second-order valence-electron chi connectivity index (χ2n) is 13.2. The SMILES string of the molecule is CC(=O)CC(=O)SCCNC(=O)CCNC(=O)[C@H](O)C(C)(C)COP(=O)(O)OP(=O)(O)OC[C@H]1O[C@@H](n2cnc3c(N)ncnc32)[C@H](O)[C@@H]1OP(=O)(O)O.CC(=O)CC=O. The number of ketones is 2. The van der Waals surface area contributed by atoms with E-state index in [4.69, 9.17) is 19.5 Å². The number of hydrogen-bond donors (Lipinski definition) is 9. The molecule has 1 fully saturated rings. The van der Waals surface area contributed by atoms with Crippen LogP contribution in [0.4, 0.5) is 5.82 Å². The predicted molar refractivity (Wildman–Crippen MR) is 204 cm³/mol. The van der Waals surface area contributed by atoms with Gasteiger partial charge in [-0.1, -0.05) is 25.6 Å². The molecule has 2 aromatic rings. The van der Waals surface area contributed by atoms with E-state index in [0.717, 1.165) is 29.0 Å². The van der Waals surface area contributed by atoms with Gasteiger partial charge < -0.3 is 55.7 Å². The van der Waals surface area contributed by atoms with Gasteiger partial charge in [-0.3, -0.25) is 42.1 Å². The van der Waals surface area contributed by atoms with Gasteiger partial charge in [0, 0.05) is 30.7 Å². The number of aromatic nitrogens is 4. The highest BCUT2D eigenvalue weighted by Gasteiger charge is 2.50. The fourth-order valence-corrected chi connectivity index (χ4v) is 8.23. The van der Waals surface area contributed by atoms with Crippen LogP contribution in [0.3, 0.4) is 0 Å². The average Bonchev–Trinajstić information content (AvgIpc) is 3.68. The molecule has 60 heavy (non-hydrogen) atoms. The fourth-order valence-electron chi connectivity index (χ4n) is 4.67. The van der Waals surface area contributed by atoms with Crippen LogP contribution in [0.5, 0.6) is 0 Å². The zero-order valence-corrected chi connectivity index (χ0v) is 35.8. The molecule has 2 amide bonds. The van der Waals surface area contributed by atoms with Crippen molar-refractivity contribution in [2.45, 2.75) is 77.6 Å². The van der Waals surface area contributed by atoms with Gasteiger partial charge in [0.25, 0.3) is 0 Å². The third-order valence-electron chi connectivity index (χ3n) is 7.53. The molecular formula is C29H46N7O20P3S. The molecule has 7 atom stereocenters. The Morgan fingerprint density at radius 3 is 2.25 bits per heavy atom. The molecule has 1 aliphatic heterocycles. The second-order valence-corrected chi connectivity index (χ2v) is 18.6. The Balaban J connectivity index is 0.00000192. The van der Waals surface area contributed by atoms with Crippen molar-refractivity contribution in [3.63, 3.8) is 0 Å². The van der Waals surface area contributed by atoms with E-state index in [-0.39, 0.29) is 71.8 Å². The van der Waals surface area contributed by atoms with Crippen molar-refractivity contribution in [1.29, 1.82) is 0 Å². The number of carbonyl (C=O) groups is 6. The highest BCUT2D eigenvalue weighted by Crippen LogP contribution is 2.61. The first-order chi connectivity index (χ1) is 27.7. The van der Waals surface area contributed by atoms with Crippen LogP contribution >= 0.6 is 35.2 Å². The van der Waals surface area contributed by atoms with E-state index in [0.29, 0.717) is 6.29 Å². The van der Waals surface area contributed by atoms with E-state index in [1.807, 2.05) is 0 Å². The van der Waals surface area contributed by atoms with Crippen LogP contribution in [0, 0.1) is 5.41 Å². The first-order valence-electron chi connectivity index (χ1n) is 17.2. The summed E-state index contributed by atoms with van der Waals surface area (Å²) in [6.07, 6.45) is -6.58. The van der Waals surface area contributed by atoms with Gasteiger partial charge in [0.1, 0.15) is 54.1 Å². The summed E-state index contributed by atoms with van der Waals surface area (Å²) in [6.45, 7) is 2.96. The highest BCUT2D eigenvalue weighted by atomic mass is 32.2. The van der Waals surface area contributed by atoms with E-state index < -0.39 is 84.6 Å². The van der Waals surface area contributed by atoms with Crippen molar-refractivity contribution < 1.29 is 94.9 Å². The van der Waals surface area contributed by atoms with Gasteiger partial charge in [-0.15, -0.1) is 0 Å². The molecule has 0 bridgehead atoms. The minimum atomic E-state index is -5.58. The number of imidazole rings is 1. The molecule has 2 unspecified atom stereocenters. The van der Waals surface area contributed by atoms with Gasteiger partial charge in [0.15, 0.2) is 22.8 Å². The Bertz CT molecular complexity index is 2000. The number of aldehydes is 1. The van der Waals surface area contributed by atoms with Crippen molar-refractivity contribution >= 4 is 87.0 Å². The Morgan fingerprint density at radius 1 is 1.02 bits per heavy atom. The van der Waals surface area contributed by atoms with Gasteiger partial charge in [0.05, 0.1) is 32.4 Å². The number of phosphoric ester groups is 3. The quantitative estimate of drug-likeness (QED) is 0.0274. The number of ether oxygens (including phenoxy) is 1. The largest absolute Gasteiger partial charge is 0.481 e. The number of nitrogen functional groups attached to an aromatic ring is 1. The average molecular weight is 938 g/mol. The van der Waals surface area contributed by atoms with Crippen molar-refractivity contribution in [3.05, 3.63) is 12.7 Å². The number of rotatable bonds is 23. The summed E-state index contributed by atoms with van der Waals surface area (Å²) >= 11 is 0.878. The van der Waals surface area contributed by atoms with E-state index in [1.54, 1.807) is 0 Å². The number of carbonyl (C=O) groups excluding carboxylic acids is 6. The molecule has 338 valence electrons. The van der Waals surface area contributed by atoms with Crippen LogP contribution in [-0.4, -0.2) is 141 Å². The zero-order valence-electron chi connectivity index (χ0n) is 32.3.